The van der Waals surface area contributed by atoms with Crippen LogP contribution < -0.4 is 0 Å². The second-order valence-corrected chi connectivity index (χ2v) is 9.14. The first-order chi connectivity index (χ1) is 7.74. The fourth-order valence-corrected chi connectivity index (χ4v) is 8.32. The molecule has 0 spiro atoms. The number of fused-ring (bicyclic) bond motifs is 5. The SMILES string of the molecule is CC(=O)N1C[C@@]2(O)[C@@H]([Se]1)C1CC[C@]2(C)C1(C)C. The normalized spacial score (nSPS) is 50.8. The summed E-state index contributed by atoms with van der Waals surface area (Å²) in [6.45, 7) is 9.07. The van der Waals surface area contributed by atoms with Gasteiger partial charge in [-0.2, -0.15) is 0 Å². The molecule has 0 aromatic carbocycles. The van der Waals surface area contributed by atoms with Gasteiger partial charge in [0.25, 0.3) is 0 Å². The van der Waals surface area contributed by atoms with Crippen molar-refractivity contribution in [3.05, 3.63) is 0 Å². The first-order valence-electron chi connectivity index (χ1n) is 6.41. The van der Waals surface area contributed by atoms with Crippen molar-refractivity contribution in [3.63, 3.8) is 0 Å². The van der Waals surface area contributed by atoms with Crippen molar-refractivity contribution in [3.8, 4) is 0 Å². The Morgan fingerprint density at radius 1 is 1.41 bits per heavy atom. The first kappa shape index (κ1) is 12.0. The van der Waals surface area contributed by atoms with Crippen LogP contribution >= 0.6 is 0 Å². The molecular weight excluding hydrogens is 281 g/mol. The quantitative estimate of drug-likeness (QED) is 0.688. The number of hydrogen-bond donors (Lipinski definition) is 1. The molecule has 2 saturated carbocycles. The van der Waals surface area contributed by atoms with Gasteiger partial charge in [0.2, 0.25) is 0 Å². The summed E-state index contributed by atoms with van der Waals surface area (Å²) < 4.78 is 1.91. The van der Waals surface area contributed by atoms with E-state index in [1.54, 1.807) is 6.92 Å². The fourth-order valence-electron chi connectivity index (χ4n) is 4.49. The summed E-state index contributed by atoms with van der Waals surface area (Å²) in [5.74, 6) is 0.732. The Morgan fingerprint density at radius 3 is 2.59 bits per heavy atom. The standard InChI is InChI=1S/C13H21NO2Se/c1-8(15)14-7-13(16)10(17-14)9-5-6-12(13,4)11(9,2)3/h9-10,16H,5-7H2,1-4H3/t9?,10-,12+,13+/m0/s1. The number of amides is 1. The monoisotopic (exact) mass is 303 g/mol. The molecule has 1 aliphatic heterocycles. The van der Waals surface area contributed by atoms with Gasteiger partial charge in [-0.05, 0) is 0 Å². The second-order valence-electron chi connectivity index (χ2n) is 6.70. The zero-order valence-corrected chi connectivity index (χ0v) is 12.7. The summed E-state index contributed by atoms with van der Waals surface area (Å²) in [5, 5.41) is 11.2. The van der Waals surface area contributed by atoms with E-state index in [4.69, 9.17) is 0 Å². The van der Waals surface area contributed by atoms with Gasteiger partial charge in [-0.1, -0.05) is 0 Å². The van der Waals surface area contributed by atoms with Crippen LogP contribution in [0.3, 0.4) is 0 Å². The average molecular weight is 302 g/mol. The Bertz CT molecular complexity index is 397. The van der Waals surface area contributed by atoms with Gasteiger partial charge >= 0.3 is 109 Å². The predicted octanol–water partition coefficient (Wildman–Crippen LogP) is 1.44. The van der Waals surface area contributed by atoms with E-state index < -0.39 is 5.60 Å². The maximum absolute atomic E-state index is 11.5. The average Bonchev–Trinajstić information content (AvgIpc) is 2.71. The molecular formula is C13H21NO2Se. The van der Waals surface area contributed by atoms with E-state index in [1.165, 1.54) is 6.42 Å². The van der Waals surface area contributed by atoms with Crippen molar-refractivity contribution in [1.82, 2.24) is 3.92 Å². The van der Waals surface area contributed by atoms with Crippen LogP contribution in [0.25, 0.3) is 0 Å². The van der Waals surface area contributed by atoms with Crippen molar-refractivity contribution >= 4 is 21.1 Å². The summed E-state index contributed by atoms with van der Waals surface area (Å²) in [4.78, 5) is 11.9. The van der Waals surface area contributed by atoms with Crippen molar-refractivity contribution in [2.75, 3.05) is 6.54 Å². The molecule has 2 bridgehead atoms. The second kappa shape index (κ2) is 3.09. The summed E-state index contributed by atoms with van der Waals surface area (Å²) in [7, 11) is 0. The number of carbonyl (C=O) groups is 1. The Balaban J connectivity index is 2.03. The Kier molecular flexibility index (Phi) is 2.18. The van der Waals surface area contributed by atoms with Crippen molar-refractivity contribution < 1.29 is 9.90 Å². The molecule has 2 aliphatic carbocycles. The van der Waals surface area contributed by atoms with Gasteiger partial charge in [0.15, 0.2) is 0 Å². The number of carbonyl (C=O) groups excluding carboxylic acids is 1. The molecule has 1 saturated heterocycles. The van der Waals surface area contributed by atoms with Crippen LogP contribution in [0.15, 0.2) is 0 Å². The molecule has 1 unspecified atom stereocenters. The molecule has 1 heterocycles. The van der Waals surface area contributed by atoms with Crippen LogP contribution in [-0.4, -0.2) is 42.3 Å². The van der Waals surface area contributed by atoms with Gasteiger partial charge in [0, 0.05) is 0 Å². The third kappa shape index (κ3) is 1.11. The van der Waals surface area contributed by atoms with E-state index in [1.807, 2.05) is 3.92 Å². The molecule has 1 amide bonds. The number of rotatable bonds is 0. The van der Waals surface area contributed by atoms with Crippen LogP contribution in [0.2, 0.25) is 4.82 Å². The number of β-amino-alcohol motifs (C(OH)–C–C–N with tert-alkyl or cyclic N) is 1. The van der Waals surface area contributed by atoms with Crippen molar-refractivity contribution in [2.45, 2.75) is 51.0 Å². The van der Waals surface area contributed by atoms with Crippen molar-refractivity contribution in [1.29, 1.82) is 0 Å². The molecule has 4 atom stereocenters. The summed E-state index contributed by atoms with van der Waals surface area (Å²) in [6, 6.07) is 0. The van der Waals surface area contributed by atoms with Gasteiger partial charge in [0.05, 0.1) is 0 Å². The molecule has 0 radical (unpaired) electrons. The van der Waals surface area contributed by atoms with E-state index in [0.717, 1.165) is 6.42 Å². The van der Waals surface area contributed by atoms with Crippen LogP contribution in [0.5, 0.6) is 0 Å². The topological polar surface area (TPSA) is 40.5 Å². The molecule has 3 nitrogen and oxygen atoms in total. The number of hydrogen-bond acceptors (Lipinski definition) is 2. The van der Waals surface area contributed by atoms with E-state index in [-0.39, 0.29) is 31.9 Å². The Hall–Kier alpha value is -0.0505. The van der Waals surface area contributed by atoms with Gasteiger partial charge in [0.1, 0.15) is 0 Å². The maximum atomic E-state index is 11.5. The van der Waals surface area contributed by atoms with Crippen LogP contribution in [-0.2, 0) is 4.79 Å². The molecule has 17 heavy (non-hydrogen) atoms. The van der Waals surface area contributed by atoms with Crippen LogP contribution in [0.1, 0.15) is 40.5 Å². The van der Waals surface area contributed by atoms with E-state index >= 15 is 0 Å². The molecule has 3 aliphatic rings. The third-order valence-electron chi connectivity index (χ3n) is 6.07. The molecule has 96 valence electrons. The van der Waals surface area contributed by atoms with E-state index in [9.17, 15) is 9.90 Å². The van der Waals surface area contributed by atoms with E-state index in [2.05, 4.69) is 20.8 Å². The Morgan fingerprint density at radius 2 is 2.06 bits per heavy atom. The molecule has 3 rings (SSSR count). The number of aliphatic hydroxyl groups is 1. The zero-order valence-electron chi connectivity index (χ0n) is 11.0. The van der Waals surface area contributed by atoms with Crippen LogP contribution in [0, 0.1) is 16.7 Å². The predicted molar refractivity (Wildman–Crippen MR) is 66.5 cm³/mol. The molecule has 0 aromatic rings. The zero-order chi connectivity index (χ0) is 12.6. The van der Waals surface area contributed by atoms with Gasteiger partial charge < -0.3 is 0 Å². The van der Waals surface area contributed by atoms with Gasteiger partial charge in [-0.25, -0.2) is 0 Å². The summed E-state index contributed by atoms with van der Waals surface area (Å²) in [5.41, 5.74) is -0.413. The van der Waals surface area contributed by atoms with Gasteiger partial charge in [-0.15, -0.1) is 0 Å². The molecule has 0 aromatic heterocycles. The van der Waals surface area contributed by atoms with Crippen molar-refractivity contribution in [2.24, 2.45) is 16.7 Å². The van der Waals surface area contributed by atoms with Gasteiger partial charge in [-0.3, -0.25) is 0 Å². The summed E-state index contributed by atoms with van der Waals surface area (Å²) >= 11 is 0.140. The molecule has 4 heteroatoms. The molecule has 3 fully saturated rings. The Labute approximate surface area is 109 Å². The molecule has 1 N–H and O–H groups in total. The third-order valence-corrected chi connectivity index (χ3v) is 9.40. The minimum absolute atomic E-state index is 0.0126. The van der Waals surface area contributed by atoms with Crippen LogP contribution in [0.4, 0.5) is 0 Å². The number of nitrogens with zero attached hydrogens (tertiary/aromatic N) is 1. The summed E-state index contributed by atoms with van der Waals surface area (Å²) in [6.07, 6.45) is 2.34. The first-order valence-corrected chi connectivity index (χ1v) is 8.17. The fraction of sp³-hybridized carbons (Fsp3) is 0.923. The minimum atomic E-state index is -0.620. The van der Waals surface area contributed by atoms with E-state index in [0.29, 0.717) is 17.3 Å².